The standard InChI is InChI=1S/C34H29N3O6/c38-29(16-15-27-34-31(40)19-24(20-32(34)43-36-27)22-9-5-2-6-10-22)33-28(35-25-11-13-26(14-12-25)37(41)42)17-23(18-30(33)39)21-7-3-1-4-8-21/h1-14,23-24,38H,15-20H2/b33-29+,35-28?. The average molecular weight is 576 g/mol. The van der Waals surface area contributed by atoms with Gasteiger partial charge in [-0.1, -0.05) is 65.8 Å². The zero-order valence-electron chi connectivity index (χ0n) is 23.3. The number of allylic oxidation sites excluding steroid dienone is 2. The van der Waals surface area contributed by atoms with Gasteiger partial charge >= 0.3 is 0 Å². The quantitative estimate of drug-likeness (QED) is 0.107. The largest absolute Gasteiger partial charge is 0.511 e. The van der Waals surface area contributed by atoms with Crippen molar-refractivity contribution in [3.8, 4) is 0 Å². The molecule has 2 atom stereocenters. The third kappa shape index (κ3) is 5.92. The predicted molar refractivity (Wildman–Crippen MR) is 160 cm³/mol. The van der Waals surface area contributed by atoms with E-state index in [1.54, 1.807) is 0 Å². The minimum absolute atomic E-state index is 0.0214. The highest BCUT2D eigenvalue weighted by Gasteiger charge is 2.34. The maximum atomic E-state index is 13.5. The van der Waals surface area contributed by atoms with Gasteiger partial charge in [-0.3, -0.25) is 24.7 Å². The summed E-state index contributed by atoms with van der Waals surface area (Å²) >= 11 is 0. The van der Waals surface area contributed by atoms with Crippen molar-refractivity contribution in [2.24, 2.45) is 4.99 Å². The molecule has 216 valence electrons. The maximum absolute atomic E-state index is 13.5. The van der Waals surface area contributed by atoms with Crippen molar-refractivity contribution in [2.45, 2.75) is 50.4 Å². The Labute approximate surface area is 247 Å². The molecule has 0 amide bonds. The van der Waals surface area contributed by atoms with Crippen LogP contribution in [0.1, 0.15) is 70.5 Å². The van der Waals surface area contributed by atoms with Crippen LogP contribution in [-0.2, 0) is 17.6 Å². The molecule has 1 saturated carbocycles. The maximum Gasteiger partial charge on any atom is 0.269 e. The fourth-order valence-corrected chi connectivity index (χ4v) is 6.02. The number of aromatic nitrogens is 1. The summed E-state index contributed by atoms with van der Waals surface area (Å²) < 4.78 is 5.59. The molecule has 0 spiro atoms. The molecule has 3 aromatic carbocycles. The highest BCUT2D eigenvalue weighted by molar-refractivity contribution is 6.25. The van der Waals surface area contributed by atoms with Crippen molar-refractivity contribution in [2.75, 3.05) is 0 Å². The summed E-state index contributed by atoms with van der Waals surface area (Å²) in [6.45, 7) is 0. The van der Waals surface area contributed by atoms with Crippen LogP contribution in [0.2, 0.25) is 0 Å². The van der Waals surface area contributed by atoms with Crippen molar-refractivity contribution >= 4 is 28.7 Å². The summed E-state index contributed by atoms with van der Waals surface area (Å²) in [5.41, 5.74) is 3.96. The van der Waals surface area contributed by atoms with E-state index in [0.29, 0.717) is 47.7 Å². The van der Waals surface area contributed by atoms with E-state index in [1.165, 1.54) is 24.3 Å². The van der Waals surface area contributed by atoms with Crippen LogP contribution in [0.25, 0.3) is 0 Å². The van der Waals surface area contributed by atoms with Crippen molar-refractivity contribution in [3.63, 3.8) is 0 Å². The van der Waals surface area contributed by atoms with Gasteiger partial charge in [0.05, 0.1) is 33.2 Å². The summed E-state index contributed by atoms with van der Waals surface area (Å²) in [5.74, 6) is 0.0416. The Bertz CT molecular complexity index is 1740. The van der Waals surface area contributed by atoms with E-state index in [1.807, 2.05) is 60.7 Å². The van der Waals surface area contributed by atoms with Crippen LogP contribution in [0.5, 0.6) is 0 Å². The van der Waals surface area contributed by atoms with E-state index >= 15 is 0 Å². The molecule has 0 bridgehead atoms. The molecular weight excluding hydrogens is 546 g/mol. The fraction of sp³-hybridized carbons (Fsp3) is 0.235. The first-order valence-electron chi connectivity index (χ1n) is 14.3. The molecule has 2 unspecified atom stereocenters. The number of carbonyl (C=O) groups excluding carboxylic acids is 2. The number of carbonyl (C=O) groups is 2. The van der Waals surface area contributed by atoms with E-state index < -0.39 is 4.92 Å². The molecule has 43 heavy (non-hydrogen) atoms. The van der Waals surface area contributed by atoms with E-state index in [0.717, 1.165) is 11.1 Å². The van der Waals surface area contributed by atoms with Crippen LogP contribution >= 0.6 is 0 Å². The van der Waals surface area contributed by atoms with Crippen LogP contribution in [0.4, 0.5) is 11.4 Å². The molecule has 1 fully saturated rings. The lowest BCUT2D eigenvalue weighted by Gasteiger charge is -2.26. The monoisotopic (exact) mass is 575 g/mol. The number of nitrogens with zero attached hydrogens (tertiary/aromatic N) is 3. The first kappa shape index (κ1) is 28.0. The van der Waals surface area contributed by atoms with E-state index in [-0.39, 0.29) is 59.7 Å². The van der Waals surface area contributed by atoms with Crippen LogP contribution in [0.3, 0.4) is 0 Å². The lowest BCUT2D eigenvalue weighted by molar-refractivity contribution is -0.384. The number of aliphatic hydroxyl groups is 1. The minimum atomic E-state index is -0.487. The Morgan fingerprint density at radius 3 is 2.09 bits per heavy atom. The van der Waals surface area contributed by atoms with Crippen LogP contribution in [-0.4, -0.2) is 32.5 Å². The number of fused-ring (bicyclic) bond motifs is 1. The Kier molecular flexibility index (Phi) is 7.79. The average Bonchev–Trinajstić information content (AvgIpc) is 3.44. The van der Waals surface area contributed by atoms with Crippen LogP contribution in [0, 0.1) is 10.1 Å². The summed E-state index contributed by atoms with van der Waals surface area (Å²) in [7, 11) is 0. The third-order valence-electron chi connectivity index (χ3n) is 8.17. The van der Waals surface area contributed by atoms with Gasteiger partial charge in [0.25, 0.3) is 5.69 Å². The Balaban J connectivity index is 1.27. The van der Waals surface area contributed by atoms with Crippen molar-refractivity contribution in [3.05, 3.63) is 135 Å². The zero-order valence-corrected chi connectivity index (χ0v) is 23.3. The molecule has 1 heterocycles. The van der Waals surface area contributed by atoms with Crippen LogP contribution in [0.15, 0.2) is 106 Å². The van der Waals surface area contributed by atoms with E-state index in [2.05, 4.69) is 10.1 Å². The molecule has 1 N–H and O–H groups in total. The van der Waals surface area contributed by atoms with E-state index in [4.69, 9.17) is 4.52 Å². The number of ketones is 2. The second kappa shape index (κ2) is 12.0. The number of nitro groups is 1. The number of nitro benzene ring substituents is 1. The van der Waals surface area contributed by atoms with Gasteiger partial charge in [0.1, 0.15) is 11.5 Å². The second-order valence-corrected chi connectivity index (χ2v) is 11.0. The number of hydrogen-bond donors (Lipinski definition) is 1. The lowest BCUT2D eigenvalue weighted by Crippen LogP contribution is -2.26. The van der Waals surface area contributed by atoms with Gasteiger partial charge in [-0.15, -0.1) is 0 Å². The highest BCUT2D eigenvalue weighted by atomic mass is 16.6. The van der Waals surface area contributed by atoms with Gasteiger partial charge in [-0.05, 0) is 41.5 Å². The summed E-state index contributed by atoms with van der Waals surface area (Å²) in [6.07, 6.45) is 1.83. The van der Waals surface area contributed by atoms with Gasteiger partial charge < -0.3 is 9.63 Å². The Morgan fingerprint density at radius 2 is 1.47 bits per heavy atom. The Morgan fingerprint density at radius 1 is 0.860 bits per heavy atom. The van der Waals surface area contributed by atoms with Gasteiger partial charge in [0.2, 0.25) is 0 Å². The van der Waals surface area contributed by atoms with Gasteiger partial charge in [-0.25, -0.2) is 0 Å². The normalized spacial score (nSPS) is 20.6. The topological polar surface area (TPSA) is 136 Å². The number of rotatable bonds is 7. The van der Waals surface area contributed by atoms with Crippen LogP contribution < -0.4 is 0 Å². The van der Waals surface area contributed by atoms with Gasteiger partial charge in [0, 0.05) is 44.2 Å². The van der Waals surface area contributed by atoms with Crippen molar-refractivity contribution in [1.82, 2.24) is 5.16 Å². The number of Topliss-reactive ketones (excluding diaryl/α,β-unsaturated/α-hetero) is 2. The smallest absolute Gasteiger partial charge is 0.269 e. The minimum Gasteiger partial charge on any atom is -0.511 e. The summed E-state index contributed by atoms with van der Waals surface area (Å²) in [5, 5.41) is 26.5. The molecular formula is C34H29N3O6. The SMILES string of the molecule is O=C1CC(c2ccccc2)CC(=Nc2ccc([N+](=O)[O-])cc2)/C1=C(\O)CCc1noc2c1C(=O)CC(c1ccccc1)C2. The molecule has 2 aliphatic carbocycles. The molecule has 0 aliphatic heterocycles. The first-order chi connectivity index (χ1) is 20.9. The number of aliphatic hydroxyl groups excluding tert-OH is 1. The van der Waals surface area contributed by atoms with Crippen molar-refractivity contribution < 1.29 is 24.1 Å². The van der Waals surface area contributed by atoms with Gasteiger partial charge in [-0.2, -0.15) is 0 Å². The zero-order chi connectivity index (χ0) is 29.9. The van der Waals surface area contributed by atoms with Crippen molar-refractivity contribution in [1.29, 1.82) is 0 Å². The van der Waals surface area contributed by atoms with E-state index in [9.17, 15) is 24.8 Å². The molecule has 2 aliphatic rings. The summed E-state index contributed by atoms with van der Waals surface area (Å²) in [6, 6.07) is 25.3. The molecule has 6 rings (SSSR count). The predicted octanol–water partition coefficient (Wildman–Crippen LogP) is 7.16. The lowest BCUT2D eigenvalue weighted by atomic mass is 9.78. The molecule has 4 aromatic rings. The highest BCUT2D eigenvalue weighted by Crippen LogP contribution is 2.37. The summed E-state index contributed by atoms with van der Waals surface area (Å²) in [4.78, 5) is 41.9. The number of non-ortho nitro benzene ring substituents is 1. The third-order valence-corrected chi connectivity index (χ3v) is 8.17. The molecule has 9 nitrogen and oxygen atoms in total. The second-order valence-electron chi connectivity index (χ2n) is 11.0. The molecule has 9 heteroatoms. The number of aryl methyl sites for hydroxylation is 1. The molecule has 0 saturated heterocycles. The molecule has 0 radical (unpaired) electrons. The van der Waals surface area contributed by atoms with Gasteiger partial charge in [0.15, 0.2) is 11.6 Å². The number of hydrogen-bond acceptors (Lipinski definition) is 8. The Hall–Kier alpha value is -5.18. The first-order valence-corrected chi connectivity index (χ1v) is 14.3. The number of aliphatic imine (C=N–C) groups is 1. The number of benzene rings is 3. The molecule has 1 aromatic heterocycles. The fourth-order valence-electron chi connectivity index (χ4n) is 6.02.